The third-order valence-electron chi connectivity index (χ3n) is 3.87. The van der Waals surface area contributed by atoms with E-state index in [1.54, 1.807) is 0 Å². The van der Waals surface area contributed by atoms with Crippen LogP contribution in [0.2, 0.25) is 0 Å². The monoisotopic (exact) mass is 385 g/mol. The van der Waals surface area contributed by atoms with E-state index in [4.69, 9.17) is 0 Å². The van der Waals surface area contributed by atoms with Crippen molar-refractivity contribution < 1.29 is 4.79 Å². The topological polar surface area (TPSA) is 20.3 Å². The highest BCUT2D eigenvalue weighted by atomic mass is 79.9. The molecule has 0 unspecified atom stereocenters. The number of nitrogens with zero attached hydrogens (tertiary/aromatic N) is 1. The third kappa shape index (κ3) is 4.15. The Morgan fingerprint density at radius 1 is 0.792 bits per heavy atom. The van der Waals surface area contributed by atoms with Crippen molar-refractivity contribution in [3.05, 3.63) is 71.8 Å². The van der Waals surface area contributed by atoms with Gasteiger partial charge in [-0.15, -0.1) is 0 Å². The second-order valence-electron chi connectivity index (χ2n) is 6.32. The van der Waals surface area contributed by atoms with Gasteiger partial charge in [-0.3, -0.25) is 4.79 Å². The molecular formula is C21H24BrNO. The summed E-state index contributed by atoms with van der Waals surface area (Å²) in [6.45, 7) is 8.21. The minimum Gasteiger partial charge on any atom is -0.334 e. The fourth-order valence-electron chi connectivity index (χ4n) is 2.87. The second kappa shape index (κ2) is 8.29. The van der Waals surface area contributed by atoms with Gasteiger partial charge in [-0.25, -0.2) is 0 Å². The first-order valence-corrected chi connectivity index (χ1v) is 9.06. The van der Waals surface area contributed by atoms with Gasteiger partial charge in [-0.1, -0.05) is 60.7 Å². The summed E-state index contributed by atoms with van der Waals surface area (Å²) < 4.78 is 0.825. The number of amides is 1. The van der Waals surface area contributed by atoms with Gasteiger partial charge in [-0.05, 0) is 54.8 Å². The van der Waals surface area contributed by atoms with Crippen LogP contribution in [0.4, 0.5) is 0 Å². The first-order chi connectivity index (χ1) is 11.4. The second-order valence-corrected chi connectivity index (χ2v) is 7.11. The maximum atomic E-state index is 13.4. The molecule has 126 valence electrons. The van der Waals surface area contributed by atoms with E-state index in [9.17, 15) is 4.79 Å². The van der Waals surface area contributed by atoms with Crippen molar-refractivity contribution in [3.63, 3.8) is 0 Å². The summed E-state index contributed by atoms with van der Waals surface area (Å²) in [6.07, 6.45) is 0. The standard InChI is InChI=1S/C21H24BrNO/c1-15(2)23(16(3)4)21(24)19(17-11-7-5-8-12-17)20(22)18-13-9-6-10-14-18/h5-16H,1-4H3/b20-19-. The maximum Gasteiger partial charge on any atom is 0.256 e. The Labute approximate surface area is 153 Å². The number of rotatable bonds is 5. The summed E-state index contributed by atoms with van der Waals surface area (Å²) in [5.41, 5.74) is 2.62. The molecule has 0 saturated carbocycles. The molecule has 0 bridgehead atoms. The van der Waals surface area contributed by atoms with Crippen LogP contribution in [0.25, 0.3) is 10.1 Å². The fourth-order valence-corrected chi connectivity index (χ4v) is 3.53. The van der Waals surface area contributed by atoms with Crippen LogP contribution in [0.5, 0.6) is 0 Å². The Bertz CT molecular complexity index is 697. The summed E-state index contributed by atoms with van der Waals surface area (Å²) in [4.78, 5) is 15.3. The Morgan fingerprint density at radius 3 is 1.62 bits per heavy atom. The fraction of sp³-hybridized carbons (Fsp3) is 0.286. The molecule has 0 spiro atoms. The van der Waals surface area contributed by atoms with E-state index < -0.39 is 0 Å². The summed E-state index contributed by atoms with van der Waals surface area (Å²) >= 11 is 3.69. The SMILES string of the molecule is CC(C)N(C(=O)/C(=C(\Br)c1ccccc1)c1ccccc1)C(C)C. The summed E-state index contributed by atoms with van der Waals surface area (Å²) in [5, 5.41) is 0. The van der Waals surface area contributed by atoms with Gasteiger partial charge < -0.3 is 4.90 Å². The van der Waals surface area contributed by atoms with Crippen molar-refractivity contribution in [2.75, 3.05) is 0 Å². The minimum atomic E-state index is 0.0435. The molecule has 24 heavy (non-hydrogen) atoms. The average molecular weight is 386 g/mol. The van der Waals surface area contributed by atoms with Crippen LogP contribution in [0.3, 0.4) is 0 Å². The Balaban J connectivity index is 2.62. The number of hydrogen-bond acceptors (Lipinski definition) is 1. The number of carbonyl (C=O) groups is 1. The molecule has 0 atom stereocenters. The van der Waals surface area contributed by atoms with Gasteiger partial charge in [0.15, 0.2) is 0 Å². The van der Waals surface area contributed by atoms with Crippen LogP contribution in [0.15, 0.2) is 60.7 Å². The smallest absolute Gasteiger partial charge is 0.256 e. The Morgan fingerprint density at radius 2 is 1.21 bits per heavy atom. The molecule has 2 aromatic rings. The minimum absolute atomic E-state index is 0.0435. The van der Waals surface area contributed by atoms with E-state index in [1.807, 2.05) is 65.6 Å². The van der Waals surface area contributed by atoms with Crippen LogP contribution in [0, 0.1) is 0 Å². The lowest BCUT2D eigenvalue weighted by molar-refractivity contribution is -0.128. The normalized spacial score (nSPS) is 12.3. The highest BCUT2D eigenvalue weighted by Gasteiger charge is 2.26. The van der Waals surface area contributed by atoms with Gasteiger partial charge in [0.2, 0.25) is 0 Å². The van der Waals surface area contributed by atoms with Crippen LogP contribution in [-0.4, -0.2) is 22.9 Å². The molecule has 2 aromatic carbocycles. The molecule has 0 aliphatic carbocycles. The Hall–Kier alpha value is -1.87. The molecule has 0 radical (unpaired) electrons. The third-order valence-corrected chi connectivity index (χ3v) is 4.72. The van der Waals surface area contributed by atoms with E-state index in [0.717, 1.165) is 15.6 Å². The molecule has 0 aliphatic heterocycles. The predicted octanol–water partition coefficient (Wildman–Crippen LogP) is 5.60. The molecule has 1 amide bonds. The number of hydrogen-bond donors (Lipinski definition) is 0. The lowest BCUT2D eigenvalue weighted by Crippen LogP contribution is -2.42. The summed E-state index contributed by atoms with van der Waals surface area (Å²) in [6, 6.07) is 20.1. The molecule has 0 saturated heterocycles. The highest BCUT2D eigenvalue weighted by Crippen LogP contribution is 2.33. The number of benzene rings is 2. The van der Waals surface area contributed by atoms with Crippen LogP contribution in [0.1, 0.15) is 38.8 Å². The van der Waals surface area contributed by atoms with E-state index in [2.05, 4.69) is 43.6 Å². The highest BCUT2D eigenvalue weighted by molar-refractivity contribution is 9.15. The first-order valence-electron chi connectivity index (χ1n) is 8.26. The zero-order valence-electron chi connectivity index (χ0n) is 14.7. The molecule has 0 N–H and O–H groups in total. The molecule has 2 rings (SSSR count). The average Bonchev–Trinajstić information content (AvgIpc) is 2.56. The molecule has 2 nitrogen and oxygen atoms in total. The van der Waals surface area contributed by atoms with E-state index in [-0.39, 0.29) is 18.0 Å². The van der Waals surface area contributed by atoms with E-state index in [0.29, 0.717) is 5.57 Å². The lowest BCUT2D eigenvalue weighted by atomic mass is 10.00. The molecule has 0 aliphatic rings. The Kier molecular flexibility index (Phi) is 6.38. The van der Waals surface area contributed by atoms with Gasteiger partial charge in [0.1, 0.15) is 0 Å². The van der Waals surface area contributed by atoms with Crippen molar-refractivity contribution in [1.29, 1.82) is 0 Å². The lowest BCUT2D eigenvalue weighted by Gasteiger charge is -2.32. The molecule has 0 aromatic heterocycles. The largest absolute Gasteiger partial charge is 0.334 e. The maximum absolute atomic E-state index is 13.4. The van der Waals surface area contributed by atoms with Crippen molar-refractivity contribution in [3.8, 4) is 0 Å². The van der Waals surface area contributed by atoms with Gasteiger partial charge in [-0.2, -0.15) is 0 Å². The van der Waals surface area contributed by atoms with Gasteiger partial charge in [0.05, 0.1) is 5.57 Å². The van der Waals surface area contributed by atoms with Crippen molar-refractivity contribution >= 4 is 31.9 Å². The van der Waals surface area contributed by atoms with E-state index >= 15 is 0 Å². The van der Waals surface area contributed by atoms with Crippen molar-refractivity contribution in [2.45, 2.75) is 39.8 Å². The van der Waals surface area contributed by atoms with Crippen LogP contribution >= 0.6 is 15.9 Å². The summed E-state index contributed by atoms with van der Waals surface area (Å²) in [7, 11) is 0. The molecule has 0 fully saturated rings. The van der Waals surface area contributed by atoms with Gasteiger partial charge in [0, 0.05) is 16.6 Å². The zero-order valence-corrected chi connectivity index (χ0v) is 16.2. The van der Waals surface area contributed by atoms with Gasteiger partial charge in [0.25, 0.3) is 5.91 Å². The quantitative estimate of drug-likeness (QED) is 0.484. The van der Waals surface area contributed by atoms with E-state index in [1.165, 1.54) is 0 Å². The first kappa shape index (κ1) is 18.5. The van der Waals surface area contributed by atoms with Gasteiger partial charge >= 0.3 is 0 Å². The molecule has 3 heteroatoms. The van der Waals surface area contributed by atoms with Crippen LogP contribution < -0.4 is 0 Å². The zero-order chi connectivity index (χ0) is 17.7. The van der Waals surface area contributed by atoms with Crippen molar-refractivity contribution in [1.82, 2.24) is 4.90 Å². The number of carbonyl (C=O) groups excluding carboxylic acids is 1. The van der Waals surface area contributed by atoms with Crippen molar-refractivity contribution in [2.24, 2.45) is 0 Å². The molecule has 0 heterocycles. The predicted molar refractivity (Wildman–Crippen MR) is 106 cm³/mol. The number of halogens is 1. The summed E-state index contributed by atoms with van der Waals surface area (Å²) in [5.74, 6) is 0.0435. The molecular weight excluding hydrogens is 362 g/mol. The van der Waals surface area contributed by atoms with Crippen LogP contribution in [-0.2, 0) is 4.79 Å².